The molecule has 0 spiro atoms. The second-order valence-electron chi connectivity index (χ2n) is 3.54. The number of pyridine rings is 1. The van der Waals surface area contributed by atoms with Crippen LogP contribution in [0.2, 0.25) is 10.0 Å². The summed E-state index contributed by atoms with van der Waals surface area (Å²) >= 11 is 14.9. The van der Waals surface area contributed by atoms with Gasteiger partial charge in [0.15, 0.2) is 0 Å². The van der Waals surface area contributed by atoms with E-state index < -0.39 is 6.03 Å². The zero-order chi connectivity index (χ0) is 13.8. The van der Waals surface area contributed by atoms with Gasteiger partial charge in [0.25, 0.3) is 0 Å². The molecule has 4 nitrogen and oxygen atoms in total. The van der Waals surface area contributed by atoms with Crippen LogP contribution in [0.25, 0.3) is 0 Å². The fraction of sp³-hybridized carbons (Fsp3) is 0. The van der Waals surface area contributed by atoms with Crippen LogP contribution >= 0.6 is 39.1 Å². The molecule has 2 N–H and O–H groups in total. The Hall–Kier alpha value is -1.30. The first kappa shape index (κ1) is 14.1. The average Bonchev–Trinajstić information content (AvgIpc) is 2.37. The highest BCUT2D eigenvalue weighted by Gasteiger charge is 2.07. The molecule has 0 aliphatic rings. The summed E-state index contributed by atoms with van der Waals surface area (Å²) in [6.45, 7) is 0. The summed E-state index contributed by atoms with van der Waals surface area (Å²) < 4.78 is 0.694. The number of urea groups is 1. The maximum Gasteiger partial charge on any atom is 0.324 e. The van der Waals surface area contributed by atoms with Crippen LogP contribution in [0.15, 0.2) is 41.0 Å². The number of anilines is 2. The highest BCUT2D eigenvalue weighted by Crippen LogP contribution is 2.25. The van der Waals surface area contributed by atoms with Crippen molar-refractivity contribution in [2.75, 3.05) is 10.6 Å². The number of aromatic nitrogens is 1. The van der Waals surface area contributed by atoms with Crippen LogP contribution in [0.1, 0.15) is 0 Å². The van der Waals surface area contributed by atoms with Gasteiger partial charge in [0, 0.05) is 11.9 Å². The minimum Gasteiger partial charge on any atom is -0.308 e. The van der Waals surface area contributed by atoms with Crippen LogP contribution in [-0.4, -0.2) is 11.0 Å². The number of amides is 2. The van der Waals surface area contributed by atoms with Gasteiger partial charge in [0.1, 0.15) is 5.82 Å². The minimum atomic E-state index is -0.419. The van der Waals surface area contributed by atoms with Crippen molar-refractivity contribution in [3.05, 3.63) is 51.0 Å². The van der Waals surface area contributed by atoms with Crippen LogP contribution in [0, 0.1) is 0 Å². The number of hydrogen-bond acceptors (Lipinski definition) is 2. The standard InChI is InChI=1S/C12H8BrCl2N3O/c13-8-2-1-5-16-11(8)18-12(19)17-7-3-4-9(14)10(15)6-7/h1-6H,(H2,16,17,18,19). The second kappa shape index (κ2) is 6.23. The molecule has 0 saturated heterocycles. The monoisotopic (exact) mass is 359 g/mol. The molecule has 0 aliphatic carbocycles. The van der Waals surface area contributed by atoms with Gasteiger partial charge in [-0.1, -0.05) is 23.2 Å². The van der Waals surface area contributed by atoms with E-state index in [1.165, 1.54) is 0 Å². The predicted octanol–water partition coefficient (Wildman–Crippen LogP) is 4.79. The molecular formula is C12H8BrCl2N3O. The van der Waals surface area contributed by atoms with E-state index in [-0.39, 0.29) is 0 Å². The van der Waals surface area contributed by atoms with Crippen LogP contribution in [0.4, 0.5) is 16.3 Å². The molecule has 0 fully saturated rings. The molecule has 19 heavy (non-hydrogen) atoms. The summed E-state index contributed by atoms with van der Waals surface area (Å²) in [5, 5.41) is 6.04. The molecule has 2 aromatic rings. The number of hydrogen-bond donors (Lipinski definition) is 2. The molecule has 2 amide bonds. The van der Waals surface area contributed by atoms with E-state index in [4.69, 9.17) is 23.2 Å². The fourth-order valence-corrected chi connectivity index (χ4v) is 1.97. The first-order valence-corrected chi connectivity index (χ1v) is 6.75. The van der Waals surface area contributed by atoms with Crippen molar-refractivity contribution in [1.82, 2.24) is 4.98 Å². The fourth-order valence-electron chi connectivity index (χ4n) is 1.32. The maximum absolute atomic E-state index is 11.8. The van der Waals surface area contributed by atoms with Crippen LogP contribution in [-0.2, 0) is 0 Å². The van der Waals surface area contributed by atoms with Gasteiger partial charge in [0.05, 0.1) is 14.5 Å². The Balaban J connectivity index is 2.05. The summed E-state index contributed by atoms with van der Waals surface area (Å²) in [5.41, 5.74) is 0.541. The topological polar surface area (TPSA) is 54.0 Å². The molecule has 0 saturated carbocycles. The minimum absolute atomic E-state index is 0.374. The summed E-state index contributed by atoms with van der Waals surface area (Å²) in [7, 11) is 0. The van der Waals surface area contributed by atoms with Gasteiger partial charge in [-0.15, -0.1) is 0 Å². The van der Waals surface area contributed by atoms with Gasteiger partial charge in [0.2, 0.25) is 0 Å². The number of carbonyl (C=O) groups excluding carboxylic acids is 1. The van der Waals surface area contributed by atoms with E-state index >= 15 is 0 Å². The smallest absolute Gasteiger partial charge is 0.308 e. The molecule has 1 aromatic heterocycles. The summed E-state index contributed by atoms with van der Waals surface area (Å²) in [6.07, 6.45) is 1.58. The van der Waals surface area contributed by atoms with E-state index in [1.54, 1.807) is 36.5 Å². The van der Waals surface area contributed by atoms with E-state index in [2.05, 4.69) is 31.5 Å². The number of carbonyl (C=O) groups is 1. The molecule has 0 radical (unpaired) electrons. The van der Waals surface area contributed by atoms with Crippen molar-refractivity contribution in [3.8, 4) is 0 Å². The summed E-state index contributed by atoms with van der Waals surface area (Å²) in [5.74, 6) is 0.431. The average molecular weight is 361 g/mol. The molecule has 0 aliphatic heterocycles. The van der Waals surface area contributed by atoms with Gasteiger partial charge in [-0.05, 0) is 46.3 Å². The van der Waals surface area contributed by atoms with E-state index in [0.29, 0.717) is 26.0 Å². The Kier molecular flexibility index (Phi) is 4.63. The molecule has 2 rings (SSSR count). The van der Waals surface area contributed by atoms with Crippen molar-refractivity contribution in [2.45, 2.75) is 0 Å². The molecular weight excluding hydrogens is 353 g/mol. The van der Waals surface area contributed by atoms with Crippen molar-refractivity contribution in [3.63, 3.8) is 0 Å². The Labute approximate surface area is 128 Å². The number of benzene rings is 1. The van der Waals surface area contributed by atoms with Gasteiger partial charge in [-0.2, -0.15) is 0 Å². The molecule has 0 unspecified atom stereocenters. The van der Waals surface area contributed by atoms with Crippen LogP contribution in [0.3, 0.4) is 0 Å². The lowest BCUT2D eigenvalue weighted by Crippen LogP contribution is -2.20. The zero-order valence-electron chi connectivity index (χ0n) is 9.45. The zero-order valence-corrected chi connectivity index (χ0v) is 12.6. The highest BCUT2D eigenvalue weighted by molar-refractivity contribution is 9.10. The lowest BCUT2D eigenvalue weighted by Gasteiger charge is -2.08. The molecule has 1 heterocycles. The van der Waals surface area contributed by atoms with Crippen molar-refractivity contribution in [1.29, 1.82) is 0 Å². The second-order valence-corrected chi connectivity index (χ2v) is 5.21. The van der Waals surface area contributed by atoms with Crippen molar-refractivity contribution >= 4 is 56.7 Å². The largest absolute Gasteiger partial charge is 0.324 e. The van der Waals surface area contributed by atoms with Gasteiger partial charge in [-0.25, -0.2) is 9.78 Å². The molecule has 98 valence electrons. The van der Waals surface area contributed by atoms with E-state index in [0.717, 1.165) is 0 Å². The third-order valence-corrected chi connectivity index (χ3v) is 3.55. The van der Waals surface area contributed by atoms with E-state index in [9.17, 15) is 4.79 Å². The lowest BCUT2D eigenvalue weighted by atomic mass is 10.3. The van der Waals surface area contributed by atoms with E-state index in [1.807, 2.05) is 0 Å². The Morgan fingerprint density at radius 2 is 1.95 bits per heavy atom. The number of nitrogens with zero attached hydrogens (tertiary/aromatic N) is 1. The first-order valence-electron chi connectivity index (χ1n) is 5.20. The first-order chi connectivity index (χ1) is 9.06. The number of nitrogens with one attached hydrogen (secondary N) is 2. The quantitative estimate of drug-likeness (QED) is 0.808. The molecule has 7 heteroatoms. The summed E-state index contributed by atoms with van der Waals surface area (Å²) in [4.78, 5) is 15.8. The predicted molar refractivity (Wildman–Crippen MR) is 81.0 cm³/mol. The van der Waals surface area contributed by atoms with Crippen LogP contribution in [0.5, 0.6) is 0 Å². The SMILES string of the molecule is O=C(Nc1ccc(Cl)c(Cl)c1)Nc1ncccc1Br. The Morgan fingerprint density at radius 3 is 2.63 bits per heavy atom. The molecule has 0 atom stereocenters. The third-order valence-electron chi connectivity index (χ3n) is 2.17. The normalized spacial score (nSPS) is 10.1. The summed E-state index contributed by atoms with van der Waals surface area (Å²) in [6, 6.07) is 7.94. The Morgan fingerprint density at radius 1 is 1.16 bits per heavy atom. The van der Waals surface area contributed by atoms with Crippen molar-refractivity contribution < 1.29 is 4.79 Å². The van der Waals surface area contributed by atoms with Gasteiger partial charge >= 0.3 is 6.03 Å². The number of rotatable bonds is 2. The highest BCUT2D eigenvalue weighted by atomic mass is 79.9. The molecule has 0 bridgehead atoms. The van der Waals surface area contributed by atoms with Gasteiger partial charge < -0.3 is 5.32 Å². The number of halogens is 3. The lowest BCUT2D eigenvalue weighted by molar-refractivity contribution is 0.262. The van der Waals surface area contributed by atoms with Crippen molar-refractivity contribution in [2.24, 2.45) is 0 Å². The molecule has 1 aromatic carbocycles. The third kappa shape index (κ3) is 3.83. The Bertz CT molecular complexity index is 622. The van der Waals surface area contributed by atoms with Crippen LogP contribution < -0.4 is 10.6 Å². The maximum atomic E-state index is 11.8. The van der Waals surface area contributed by atoms with Gasteiger partial charge in [-0.3, -0.25) is 5.32 Å².